The molecule has 0 aromatic heterocycles. The van der Waals surface area contributed by atoms with E-state index in [0.29, 0.717) is 6.04 Å². The third-order valence-electron chi connectivity index (χ3n) is 3.81. The fourth-order valence-corrected chi connectivity index (χ4v) is 3.12. The van der Waals surface area contributed by atoms with E-state index in [2.05, 4.69) is 0 Å². The van der Waals surface area contributed by atoms with Crippen molar-refractivity contribution in [3.05, 3.63) is 0 Å². The number of hydrogen-bond donors (Lipinski definition) is 0. The van der Waals surface area contributed by atoms with Crippen LogP contribution in [0.5, 0.6) is 0 Å². The summed E-state index contributed by atoms with van der Waals surface area (Å²) in [6.45, 7) is 4.73. The van der Waals surface area contributed by atoms with Gasteiger partial charge in [0.25, 0.3) is 0 Å². The molecule has 0 radical (unpaired) electrons. The van der Waals surface area contributed by atoms with Crippen LogP contribution in [0, 0.1) is 5.92 Å². The summed E-state index contributed by atoms with van der Waals surface area (Å²) in [5.41, 5.74) is 0. The Morgan fingerprint density at radius 2 is 1.88 bits per heavy atom. The van der Waals surface area contributed by atoms with Crippen LogP contribution in [0.2, 0.25) is 0 Å². The highest BCUT2D eigenvalue weighted by atomic mass is 16.6. The van der Waals surface area contributed by atoms with Crippen LogP contribution in [0.3, 0.4) is 0 Å². The van der Waals surface area contributed by atoms with E-state index in [1.54, 1.807) is 0 Å². The van der Waals surface area contributed by atoms with Crippen LogP contribution >= 0.6 is 0 Å². The van der Waals surface area contributed by atoms with Gasteiger partial charge in [-0.3, -0.25) is 0 Å². The first-order chi connectivity index (χ1) is 7.68. The molecule has 3 heteroatoms. The van der Waals surface area contributed by atoms with Crippen molar-refractivity contribution in [1.29, 1.82) is 0 Å². The molecule has 0 aromatic rings. The zero-order chi connectivity index (χ0) is 11.5. The molecule has 2 fully saturated rings. The Bertz CT molecular complexity index is 246. The van der Waals surface area contributed by atoms with Gasteiger partial charge in [0.05, 0.1) is 6.10 Å². The average molecular weight is 225 g/mol. The molecule has 0 N–H and O–H groups in total. The molecule has 2 rings (SSSR count). The van der Waals surface area contributed by atoms with Crippen molar-refractivity contribution in [2.24, 2.45) is 5.92 Å². The predicted octanol–water partition coefficient (Wildman–Crippen LogP) is 3.19. The Kier molecular flexibility index (Phi) is 3.72. The van der Waals surface area contributed by atoms with E-state index < -0.39 is 0 Å². The maximum atomic E-state index is 11.9. The maximum Gasteiger partial charge on any atom is 0.410 e. The number of nitrogens with zero attached hydrogens (tertiary/aromatic N) is 1. The highest BCUT2D eigenvalue weighted by Gasteiger charge is 2.36. The quantitative estimate of drug-likeness (QED) is 0.722. The normalized spacial score (nSPS) is 26.7. The molecule has 0 aromatic carbocycles. The number of likely N-dealkylation sites (tertiary alicyclic amines) is 1. The standard InChI is InChI=1S/C13H23NO2/c1-10(2)16-13(15)14-9-5-8-12(14)11-6-3-4-7-11/h10-12H,3-9H2,1-2H3. The van der Waals surface area contributed by atoms with Crippen LogP contribution in [0.25, 0.3) is 0 Å². The summed E-state index contributed by atoms with van der Waals surface area (Å²) in [7, 11) is 0. The first kappa shape index (κ1) is 11.7. The van der Waals surface area contributed by atoms with Crippen molar-refractivity contribution in [1.82, 2.24) is 4.90 Å². The van der Waals surface area contributed by atoms with Crippen LogP contribution in [-0.2, 0) is 4.74 Å². The minimum absolute atomic E-state index is 0.00247. The Hall–Kier alpha value is -0.730. The first-order valence-electron chi connectivity index (χ1n) is 6.65. The molecule has 2 aliphatic rings. The van der Waals surface area contributed by atoms with Gasteiger partial charge in [0.1, 0.15) is 0 Å². The summed E-state index contributed by atoms with van der Waals surface area (Å²) >= 11 is 0. The molecular weight excluding hydrogens is 202 g/mol. The minimum Gasteiger partial charge on any atom is -0.447 e. The molecule has 1 aliphatic carbocycles. The first-order valence-corrected chi connectivity index (χ1v) is 6.65. The van der Waals surface area contributed by atoms with Crippen molar-refractivity contribution in [2.75, 3.05) is 6.54 Å². The number of carbonyl (C=O) groups is 1. The van der Waals surface area contributed by atoms with Gasteiger partial charge in [0.15, 0.2) is 0 Å². The molecule has 1 saturated heterocycles. The summed E-state index contributed by atoms with van der Waals surface area (Å²) < 4.78 is 5.31. The molecular formula is C13H23NO2. The van der Waals surface area contributed by atoms with E-state index >= 15 is 0 Å². The Balaban J connectivity index is 1.94. The molecule has 1 amide bonds. The highest BCUT2D eigenvalue weighted by molar-refractivity contribution is 5.68. The van der Waals surface area contributed by atoms with Crippen LogP contribution in [0.15, 0.2) is 0 Å². The van der Waals surface area contributed by atoms with E-state index in [1.165, 1.54) is 32.1 Å². The van der Waals surface area contributed by atoms with Crippen molar-refractivity contribution < 1.29 is 9.53 Å². The molecule has 1 unspecified atom stereocenters. The monoisotopic (exact) mass is 225 g/mol. The van der Waals surface area contributed by atoms with Crippen LogP contribution in [-0.4, -0.2) is 29.7 Å². The van der Waals surface area contributed by atoms with E-state index in [-0.39, 0.29) is 12.2 Å². The van der Waals surface area contributed by atoms with Gasteiger partial charge in [-0.2, -0.15) is 0 Å². The molecule has 1 saturated carbocycles. The minimum atomic E-state index is -0.0931. The number of carbonyl (C=O) groups excluding carboxylic acids is 1. The molecule has 92 valence electrons. The fourth-order valence-electron chi connectivity index (χ4n) is 3.12. The Labute approximate surface area is 98.1 Å². The third kappa shape index (κ3) is 2.50. The van der Waals surface area contributed by atoms with Crippen molar-refractivity contribution >= 4 is 6.09 Å². The molecule has 3 nitrogen and oxygen atoms in total. The predicted molar refractivity (Wildman–Crippen MR) is 63.3 cm³/mol. The van der Waals surface area contributed by atoms with Crippen LogP contribution in [0.4, 0.5) is 4.79 Å². The molecule has 1 heterocycles. The smallest absolute Gasteiger partial charge is 0.410 e. The van der Waals surface area contributed by atoms with E-state index in [0.717, 1.165) is 18.9 Å². The van der Waals surface area contributed by atoms with E-state index in [9.17, 15) is 4.79 Å². The van der Waals surface area contributed by atoms with Crippen molar-refractivity contribution in [2.45, 2.75) is 64.5 Å². The Morgan fingerprint density at radius 1 is 1.19 bits per heavy atom. The lowest BCUT2D eigenvalue weighted by atomic mass is 9.96. The highest BCUT2D eigenvalue weighted by Crippen LogP contribution is 2.35. The lowest BCUT2D eigenvalue weighted by Crippen LogP contribution is -2.40. The van der Waals surface area contributed by atoms with Gasteiger partial charge in [-0.1, -0.05) is 12.8 Å². The summed E-state index contributed by atoms with van der Waals surface area (Å²) in [6, 6.07) is 0.466. The van der Waals surface area contributed by atoms with Gasteiger partial charge in [-0.05, 0) is 45.4 Å². The number of amides is 1. The molecule has 16 heavy (non-hydrogen) atoms. The summed E-state index contributed by atoms with van der Waals surface area (Å²) in [6.07, 6.45) is 7.52. The summed E-state index contributed by atoms with van der Waals surface area (Å²) in [4.78, 5) is 13.9. The molecule has 1 aliphatic heterocycles. The van der Waals surface area contributed by atoms with Crippen LogP contribution < -0.4 is 0 Å². The van der Waals surface area contributed by atoms with E-state index in [4.69, 9.17) is 4.74 Å². The van der Waals surface area contributed by atoms with Gasteiger partial charge >= 0.3 is 6.09 Å². The van der Waals surface area contributed by atoms with Gasteiger partial charge in [0, 0.05) is 12.6 Å². The van der Waals surface area contributed by atoms with Crippen molar-refractivity contribution in [3.63, 3.8) is 0 Å². The topological polar surface area (TPSA) is 29.5 Å². The number of rotatable bonds is 2. The SMILES string of the molecule is CC(C)OC(=O)N1CCCC1C1CCCC1. The zero-order valence-corrected chi connectivity index (χ0v) is 10.4. The molecule has 1 atom stereocenters. The molecule has 0 bridgehead atoms. The zero-order valence-electron chi connectivity index (χ0n) is 10.4. The second-order valence-corrected chi connectivity index (χ2v) is 5.38. The van der Waals surface area contributed by atoms with Gasteiger partial charge in [-0.15, -0.1) is 0 Å². The van der Waals surface area contributed by atoms with Crippen molar-refractivity contribution in [3.8, 4) is 0 Å². The van der Waals surface area contributed by atoms with Gasteiger partial charge in [-0.25, -0.2) is 4.79 Å². The lowest BCUT2D eigenvalue weighted by Gasteiger charge is -2.29. The van der Waals surface area contributed by atoms with E-state index in [1.807, 2.05) is 18.7 Å². The maximum absolute atomic E-state index is 11.9. The lowest BCUT2D eigenvalue weighted by molar-refractivity contribution is 0.0651. The second kappa shape index (κ2) is 5.07. The largest absolute Gasteiger partial charge is 0.447 e. The fraction of sp³-hybridized carbons (Fsp3) is 0.923. The summed E-state index contributed by atoms with van der Waals surface area (Å²) in [5, 5.41) is 0. The van der Waals surface area contributed by atoms with Gasteiger partial charge < -0.3 is 9.64 Å². The number of ether oxygens (including phenoxy) is 1. The summed E-state index contributed by atoms with van der Waals surface area (Å²) in [5.74, 6) is 0.738. The second-order valence-electron chi connectivity index (χ2n) is 5.38. The number of hydrogen-bond acceptors (Lipinski definition) is 2. The molecule has 0 spiro atoms. The third-order valence-corrected chi connectivity index (χ3v) is 3.81. The average Bonchev–Trinajstić information content (AvgIpc) is 2.87. The Morgan fingerprint density at radius 3 is 2.50 bits per heavy atom. The van der Waals surface area contributed by atoms with Crippen LogP contribution in [0.1, 0.15) is 52.4 Å². The van der Waals surface area contributed by atoms with Gasteiger partial charge in [0.2, 0.25) is 0 Å².